The number of aromatic nitrogens is 2. The number of amides is 1. The van der Waals surface area contributed by atoms with Crippen molar-refractivity contribution in [1.29, 1.82) is 0 Å². The molecule has 29 heavy (non-hydrogen) atoms. The Hall–Kier alpha value is -2.26. The van der Waals surface area contributed by atoms with Crippen molar-refractivity contribution < 1.29 is 22.7 Å². The molecule has 10 heteroatoms. The van der Waals surface area contributed by atoms with E-state index >= 15 is 0 Å². The first kappa shape index (κ1) is 23.0. The van der Waals surface area contributed by atoms with Crippen LogP contribution in [0.3, 0.4) is 0 Å². The molecule has 0 saturated carbocycles. The van der Waals surface area contributed by atoms with Crippen molar-refractivity contribution in [1.82, 2.24) is 20.4 Å². The molecule has 1 saturated heterocycles. The Bertz CT molecular complexity index is 806. The predicted molar refractivity (Wildman–Crippen MR) is 104 cm³/mol. The molecule has 1 aliphatic rings. The lowest BCUT2D eigenvalue weighted by Gasteiger charge is -2.36. The zero-order valence-electron chi connectivity index (χ0n) is 16.0. The number of alkyl halides is 3. The molecule has 2 aromatic rings. The summed E-state index contributed by atoms with van der Waals surface area (Å²) in [6.45, 7) is 1.82. The smallest absolute Gasteiger partial charge is 0.422 e. The summed E-state index contributed by atoms with van der Waals surface area (Å²) in [5.41, 5.74) is 0.457. The minimum absolute atomic E-state index is 0. The minimum atomic E-state index is -4.43. The molecule has 2 heterocycles. The van der Waals surface area contributed by atoms with Crippen LogP contribution >= 0.6 is 12.4 Å². The number of rotatable bonds is 6. The van der Waals surface area contributed by atoms with Gasteiger partial charge < -0.3 is 15.4 Å². The van der Waals surface area contributed by atoms with Gasteiger partial charge in [-0.1, -0.05) is 12.1 Å². The predicted octanol–water partition coefficient (Wildman–Crippen LogP) is 2.95. The van der Waals surface area contributed by atoms with Gasteiger partial charge in [0.2, 0.25) is 5.91 Å². The van der Waals surface area contributed by atoms with Crippen LogP contribution in [0, 0.1) is 6.92 Å². The molecule has 0 bridgehead atoms. The molecule has 0 aliphatic carbocycles. The normalized spacial score (nSPS) is 16.0. The number of ether oxygens (including phenoxy) is 1. The number of nitrogens with one attached hydrogen (secondary N) is 2. The van der Waals surface area contributed by atoms with Crippen LogP contribution in [-0.2, 0) is 16.9 Å². The minimum Gasteiger partial charge on any atom is -0.484 e. The van der Waals surface area contributed by atoms with E-state index in [2.05, 4.69) is 15.7 Å². The Balaban J connectivity index is 0.00000300. The number of hydrogen-bond donors (Lipinski definition) is 2. The van der Waals surface area contributed by atoms with Crippen molar-refractivity contribution in [2.24, 2.45) is 0 Å². The quantitative estimate of drug-likeness (QED) is 0.736. The molecule has 160 valence electrons. The second-order valence-electron chi connectivity index (χ2n) is 6.93. The maximum Gasteiger partial charge on any atom is 0.422 e. The van der Waals surface area contributed by atoms with Crippen molar-refractivity contribution in [3.05, 3.63) is 47.8 Å². The summed E-state index contributed by atoms with van der Waals surface area (Å²) < 4.78 is 44.2. The molecule has 6 nitrogen and oxygen atoms in total. The van der Waals surface area contributed by atoms with Gasteiger partial charge in [0.25, 0.3) is 0 Å². The third-order valence-electron chi connectivity index (χ3n) is 4.85. The fourth-order valence-electron chi connectivity index (χ4n) is 3.36. The Morgan fingerprint density at radius 1 is 1.34 bits per heavy atom. The number of piperidine rings is 1. The number of hydrogen-bond acceptors (Lipinski definition) is 4. The van der Waals surface area contributed by atoms with E-state index in [-0.39, 0.29) is 30.6 Å². The maximum atomic E-state index is 13.1. The lowest BCUT2D eigenvalue weighted by Crippen LogP contribution is -2.54. The van der Waals surface area contributed by atoms with Crippen molar-refractivity contribution in [3.8, 4) is 5.75 Å². The highest BCUT2D eigenvalue weighted by Gasteiger charge is 2.41. The largest absolute Gasteiger partial charge is 0.484 e. The second-order valence-corrected chi connectivity index (χ2v) is 6.93. The SMILES string of the molecule is Cc1ccc(CNC(=O)C2(n3cccn3)CCNCC2)c(OCC(F)(F)F)c1.Cl. The van der Waals surface area contributed by atoms with E-state index in [0.717, 1.165) is 5.56 Å². The highest BCUT2D eigenvalue weighted by atomic mass is 35.5. The van der Waals surface area contributed by atoms with Gasteiger partial charge in [-0.3, -0.25) is 9.48 Å². The van der Waals surface area contributed by atoms with Crippen LogP contribution in [0.5, 0.6) is 5.75 Å². The van der Waals surface area contributed by atoms with E-state index < -0.39 is 18.3 Å². The summed E-state index contributed by atoms with van der Waals surface area (Å²) in [5.74, 6) is -0.0869. The Labute approximate surface area is 173 Å². The summed E-state index contributed by atoms with van der Waals surface area (Å²) in [5, 5.41) is 10.3. The molecule has 0 unspecified atom stereocenters. The van der Waals surface area contributed by atoms with Crippen LogP contribution in [0.2, 0.25) is 0 Å². The molecular weight excluding hydrogens is 409 g/mol. The lowest BCUT2D eigenvalue weighted by atomic mass is 9.87. The first-order chi connectivity index (χ1) is 13.3. The topological polar surface area (TPSA) is 68.2 Å². The number of nitrogens with zero attached hydrogens (tertiary/aromatic N) is 2. The van der Waals surface area contributed by atoms with Gasteiger partial charge in [0.05, 0.1) is 0 Å². The first-order valence-electron chi connectivity index (χ1n) is 9.08. The van der Waals surface area contributed by atoms with Crippen LogP contribution in [0.25, 0.3) is 0 Å². The molecule has 1 fully saturated rings. The number of halogens is 4. The van der Waals surface area contributed by atoms with Crippen LogP contribution in [-0.4, -0.2) is 41.6 Å². The van der Waals surface area contributed by atoms with Gasteiger partial charge >= 0.3 is 6.18 Å². The van der Waals surface area contributed by atoms with Crippen molar-refractivity contribution in [3.63, 3.8) is 0 Å². The van der Waals surface area contributed by atoms with E-state index in [9.17, 15) is 18.0 Å². The van der Waals surface area contributed by atoms with Gasteiger partial charge in [-0.05, 0) is 50.6 Å². The van der Waals surface area contributed by atoms with Gasteiger partial charge in [-0.15, -0.1) is 12.4 Å². The average Bonchev–Trinajstić information content (AvgIpc) is 3.20. The highest BCUT2D eigenvalue weighted by Crippen LogP contribution is 2.28. The standard InChI is InChI=1S/C19H23F3N4O2.ClH/c1-14-3-4-15(16(11-14)28-13-19(20,21)22)12-24-17(27)18(5-8-23-9-6-18)26-10-2-7-25-26;/h2-4,7,10-11,23H,5-6,8-9,12-13H2,1H3,(H,24,27);1H. The Morgan fingerprint density at radius 3 is 2.69 bits per heavy atom. The fourth-order valence-corrected chi connectivity index (χ4v) is 3.36. The van der Waals surface area contributed by atoms with E-state index in [1.165, 1.54) is 0 Å². The molecule has 1 amide bonds. The van der Waals surface area contributed by atoms with Crippen LogP contribution in [0.15, 0.2) is 36.7 Å². The van der Waals surface area contributed by atoms with E-state index in [1.54, 1.807) is 48.3 Å². The molecule has 1 aromatic carbocycles. The second kappa shape index (κ2) is 9.49. The van der Waals surface area contributed by atoms with Gasteiger partial charge in [-0.2, -0.15) is 18.3 Å². The van der Waals surface area contributed by atoms with Crippen molar-refractivity contribution >= 4 is 18.3 Å². The van der Waals surface area contributed by atoms with Crippen LogP contribution in [0.4, 0.5) is 13.2 Å². The number of aryl methyl sites for hydroxylation is 1. The van der Waals surface area contributed by atoms with Crippen LogP contribution in [0.1, 0.15) is 24.0 Å². The summed E-state index contributed by atoms with van der Waals surface area (Å²) in [6.07, 6.45) is 0.107. The molecule has 1 aliphatic heterocycles. The lowest BCUT2D eigenvalue weighted by molar-refractivity contribution is -0.153. The summed E-state index contributed by atoms with van der Waals surface area (Å²) in [4.78, 5) is 13.1. The molecule has 0 radical (unpaired) electrons. The molecule has 2 N–H and O–H groups in total. The van der Waals surface area contributed by atoms with Gasteiger partial charge in [0.1, 0.15) is 11.3 Å². The Morgan fingerprint density at radius 2 is 2.07 bits per heavy atom. The summed E-state index contributed by atoms with van der Waals surface area (Å²) >= 11 is 0. The monoisotopic (exact) mass is 432 g/mol. The maximum absolute atomic E-state index is 13.1. The molecule has 3 rings (SSSR count). The molecule has 1 aromatic heterocycles. The number of carbonyl (C=O) groups is 1. The van der Waals surface area contributed by atoms with Gasteiger partial charge in [0.15, 0.2) is 6.61 Å². The van der Waals surface area contributed by atoms with Gasteiger partial charge in [-0.25, -0.2) is 0 Å². The summed E-state index contributed by atoms with van der Waals surface area (Å²) in [6, 6.07) is 6.75. The fraction of sp³-hybridized carbons (Fsp3) is 0.474. The zero-order chi connectivity index (χ0) is 20.2. The number of benzene rings is 1. The number of carbonyl (C=O) groups excluding carboxylic acids is 1. The van der Waals surface area contributed by atoms with Crippen molar-refractivity contribution in [2.45, 2.75) is 38.0 Å². The van der Waals surface area contributed by atoms with Crippen LogP contribution < -0.4 is 15.4 Å². The third-order valence-corrected chi connectivity index (χ3v) is 4.85. The van der Waals surface area contributed by atoms with E-state index in [4.69, 9.17) is 4.74 Å². The van der Waals surface area contributed by atoms with E-state index in [0.29, 0.717) is 31.5 Å². The average molecular weight is 433 g/mol. The molecule has 0 spiro atoms. The Kier molecular flexibility index (Phi) is 7.54. The van der Waals surface area contributed by atoms with E-state index in [1.807, 2.05) is 0 Å². The zero-order valence-corrected chi connectivity index (χ0v) is 16.8. The first-order valence-corrected chi connectivity index (χ1v) is 9.08. The van der Waals surface area contributed by atoms with Crippen molar-refractivity contribution in [2.75, 3.05) is 19.7 Å². The molecule has 0 atom stereocenters. The third kappa shape index (κ3) is 5.63. The highest BCUT2D eigenvalue weighted by molar-refractivity contribution is 5.85. The van der Waals surface area contributed by atoms with Gasteiger partial charge in [0, 0.05) is 24.5 Å². The molecular formula is C19H24ClF3N4O2. The summed E-state index contributed by atoms with van der Waals surface area (Å²) in [7, 11) is 0.